The summed E-state index contributed by atoms with van der Waals surface area (Å²) in [6, 6.07) is 7.48. The van der Waals surface area contributed by atoms with Crippen LogP contribution in [0.1, 0.15) is 25.8 Å². The van der Waals surface area contributed by atoms with Gasteiger partial charge in [-0.25, -0.2) is 0 Å². The lowest BCUT2D eigenvalue weighted by atomic mass is 9.97. The van der Waals surface area contributed by atoms with Gasteiger partial charge < -0.3 is 10.2 Å². The number of nitrogens with one attached hydrogen (secondary N) is 2. The molecule has 1 aliphatic rings. The van der Waals surface area contributed by atoms with Gasteiger partial charge in [0.15, 0.2) is 0 Å². The lowest BCUT2D eigenvalue weighted by molar-refractivity contribution is -0.118. The second-order valence-corrected chi connectivity index (χ2v) is 5.32. The van der Waals surface area contributed by atoms with Crippen molar-refractivity contribution in [3.63, 3.8) is 0 Å². The summed E-state index contributed by atoms with van der Waals surface area (Å²) in [5.41, 5.74) is 1.89. The van der Waals surface area contributed by atoms with Crippen LogP contribution in [0.25, 0.3) is 0 Å². The summed E-state index contributed by atoms with van der Waals surface area (Å²) < 4.78 is 0. The van der Waals surface area contributed by atoms with Crippen LogP contribution < -0.4 is 10.2 Å². The minimum absolute atomic E-state index is 0.0286. The number of para-hydroxylation sites is 1. The first kappa shape index (κ1) is 13.5. The van der Waals surface area contributed by atoms with E-state index < -0.39 is 0 Å². The Hall–Kier alpha value is -2.44. The molecule has 110 valence electrons. The first-order chi connectivity index (χ1) is 10.2. The van der Waals surface area contributed by atoms with Crippen LogP contribution in [0.3, 0.4) is 0 Å². The summed E-state index contributed by atoms with van der Waals surface area (Å²) >= 11 is 0. The fourth-order valence-corrected chi connectivity index (χ4v) is 2.67. The van der Waals surface area contributed by atoms with Gasteiger partial charge in [0, 0.05) is 12.2 Å². The van der Waals surface area contributed by atoms with Crippen molar-refractivity contribution in [1.82, 2.24) is 20.6 Å². The number of fused-ring (bicyclic) bond motifs is 1. The predicted octanol–water partition coefficient (Wildman–Crippen LogP) is 1.57. The number of hydrogen-bond acceptors (Lipinski definition) is 5. The molecule has 1 amide bonds. The zero-order chi connectivity index (χ0) is 14.8. The van der Waals surface area contributed by atoms with Crippen molar-refractivity contribution in [1.29, 1.82) is 0 Å². The zero-order valence-electron chi connectivity index (χ0n) is 12.1. The highest BCUT2D eigenvalue weighted by molar-refractivity contribution is 5.98. The summed E-state index contributed by atoms with van der Waals surface area (Å²) in [6.07, 6.45) is 0.892. The Morgan fingerprint density at radius 3 is 2.95 bits per heavy atom. The number of H-pyrrole nitrogens is 1. The van der Waals surface area contributed by atoms with Crippen molar-refractivity contribution < 1.29 is 4.79 Å². The predicted molar refractivity (Wildman–Crippen MR) is 78.7 cm³/mol. The van der Waals surface area contributed by atoms with Crippen molar-refractivity contribution in [2.45, 2.75) is 32.9 Å². The Bertz CT molecular complexity index is 626. The van der Waals surface area contributed by atoms with E-state index in [-0.39, 0.29) is 17.9 Å². The summed E-state index contributed by atoms with van der Waals surface area (Å²) in [7, 11) is 0. The number of anilines is 2. The van der Waals surface area contributed by atoms with Gasteiger partial charge in [0.25, 0.3) is 5.95 Å². The molecule has 0 spiro atoms. The summed E-state index contributed by atoms with van der Waals surface area (Å²) in [6.45, 7) is 4.71. The molecule has 1 aliphatic heterocycles. The molecule has 2 aromatic rings. The van der Waals surface area contributed by atoms with Crippen LogP contribution in [-0.2, 0) is 11.3 Å². The van der Waals surface area contributed by atoms with Gasteiger partial charge in [0.2, 0.25) is 5.91 Å². The zero-order valence-corrected chi connectivity index (χ0v) is 12.1. The van der Waals surface area contributed by atoms with Gasteiger partial charge in [0.05, 0.1) is 0 Å². The highest BCUT2D eigenvalue weighted by atomic mass is 16.2. The maximum atomic E-state index is 12.6. The van der Waals surface area contributed by atoms with E-state index in [1.54, 1.807) is 0 Å². The van der Waals surface area contributed by atoms with Gasteiger partial charge >= 0.3 is 0 Å². The van der Waals surface area contributed by atoms with E-state index in [1.807, 2.05) is 29.2 Å². The molecular weight excluding hydrogens is 268 g/mol. The number of carbonyl (C=O) groups excluding carboxylic acids is 1. The number of aromatic nitrogens is 4. The third kappa shape index (κ3) is 2.46. The Morgan fingerprint density at radius 1 is 1.43 bits per heavy atom. The molecule has 2 N–H and O–H groups in total. The molecule has 0 aliphatic carbocycles. The smallest absolute Gasteiger partial charge is 0.266 e. The normalized spacial score (nSPS) is 19.6. The quantitative estimate of drug-likeness (QED) is 0.894. The van der Waals surface area contributed by atoms with E-state index >= 15 is 0 Å². The SMILES string of the molecule is CCC(C)C1C(=O)Nc2ccccc2CN1c1nn[nH]n1. The van der Waals surface area contributed by atoms with Crippen LogP contribution in [0.2, 0.25) is 0 Å². The molecule has 0 saturated carbocycles. The maximum Gasteiger partial charge on any atom is 0.266 e. The standard InChI is InChI=1S/C14H18N6O/c1-3-9(2)12-13(21)15-11-7-5-4-6-10(11)8-20(12)14-16-18-19-17-14/h4-7,9,12H,3,8H2,1-2H3,(H,15,21)(H,16,17,18,19). The fraction of sp³-hybridized carbons (Fsp3) is 0.429. The highest BCUT2D eigenvalue weighted by Gasteiger charge is 2.35. The van der Waals surface area contributed by atoms with E-state index in [9.17, 15) is 4.79 Å². The number of tetrazole rings is 1. The van der Waals surface area contributed by atoms with Crippen molar-refractivity contribution in [3.05, 3.63) is 29.8 Å². The highest BCUT2D eigenvalue weighted by Crippen LogP contribution is 2.28. The van der Waals surface area contributed by atoms with Gasteiger partial charge in [-0.2, -0.15) is 5.21 Å². The van der Waals surface area contributed by atoms with E-state index in [4.69, 9.17) is 0 Å². The van der Waals surface area contributed by atoms with Crippen LogP contribution in [0.4, 0.5) is 11.6 Å². The van der Waals surface area contributed by atoms with Crippen LogP contribution in [0, 0.1) is 5.92 Å². The number of carbonyl (C=O) groups is 1. The molecule has 2 heterocycles. The van der Waals surface area contributed by atoms with Crippen molar-refractivity contribution >= 4 is 17.5 Å². The summed E-state index contributed by atoms with van der Waals surface area (Å²) in [4.78, 5) is 14.6. The molecule has 0 bridgehead atoms. The van der Waals surface area contributed by atoms with E-state index in [2.05, 4.69) is 39.8 Å². The Labute approximate surface area is 122 Å². The Balaban J connectivity index is 2.05. The van der Waals surface area contributed by atoms with Crippen LogP contribution in [0.15, 0.2) is 24.3 Å². The first-order valence-electron chi connectivity index (χ1n) is 7.09. The third-order valence-electron chi connectivity index (χ3n) is 3.99. The molecule has 0 radical (unpaired) electrons. The minimum atomic E-state index is -0.319. The molecule has 0 saturated heterocycles. The van der Waals surface area contributed by atoms with E-state index in [0.29, 0.717) is 12.5 Å². The van der Waals surface area contributed by atoms with Gasteiger partial charge in [-0.1, -0.05) is 43.6 Å². The second-order valence-electron chi connectivity index (χ2n) is 5.32. The van der Waals surface area contributed by atoms with Gasteiger partial charge in [-0.05, 0) is 22.8 Å². The van der Waals surface area contributed by atoms with E-state index in [0.717, 1.165) is 17.7 Å². The van der Waals surface area contributed by atoms with Crippen molar-refractivity contribution in [3.8, 4) is 0 Å². The van der Waals surface area contributed by atoms with Gasteiger partial charge in [-0.15, -0.1) is 5.10 Å². The van der Waals surface area contributed by atoms with Crippen LogP contribution >= 0.6 is 0 Å². The Kier molecular flexibility index (Phi) is 3.55. The number of benzene rings is 1. The summed E-state index contributed by atoms with van der Waals surface area (Å²) in [5, 5.41) is 17.2. The molecule has 1 aromatic carbocycles. The number of hydrogen-bond donors (Lipinski definition) is 2. The number of rotatable bonds is 3. The largest absolute Gasteiger partial charge is 0.324 e. The number of nitrogens with zero attached hydrogens (tertiary/aromatic N) is 4. The maximum absolute atomic E-state index is 12.6. The van der Waals surface area contributed by atoms with Crippen molar-refractivity contribution in [2.24, 2.45) is 5.92 Å². The molecular formula is C14H18N6O. The lowest BCUT2D eigenvalue weighted by Gasteiger charge is -2.31. The minimum Gasteiger partial charge on any atom is -0.324 e. The third-order valence-corrected chi connectivity index (χ3v) is 3.99. The molecule has 7 heteroatoms. The number of aromatic amines is 1. The monoisotopic (exact) mass is 286 g/mol. The fourth-order valence-electron chi connectivity index (χ4n) is 2.67. The summed E-state index contributed by atoms with van der Waals surface area (Å²) in [5.74, 6) is 0.601. The van der Waals surface area contributed by atoms with E-state index in [1.165, 1.54) is 0 Å². The van der Waals surface area contributed by atoms with Gasteiger partial charge in [-0.3, -0.25) is 4.79 Å². The molecule has 0 fully saturated rings. The van der Waals surface area contributed by atoms with Gasteiger partial charge in [0.1, 0.15) is 6.04 Å². The van der Waals surface area contributed by atoms with Crippen molar-refractivity contribution in [2.75, 3.05) is 10.2 Å². The molecule has 7 nitrogen and oxygen atoms in total. The average Bonchev–Trinajstić information content (AvgIpc) is 2.97. The van der Waals surface area contributed by atoms with Crippen LogP contribution in [-0.4, -0.2) is 32.6 Å². The average molecular weight is 286 g/mol. The molecule has 2 unspecified atom stereocenters. The molecule has 1 aromatic heterocycles. The first-order valence-corrected chi connectivity index (χ1v) is 7.09. The topological polar surface area (TPSA) is 86.8 Å². The molecule has 21 heavy (non-hydrogen) atoms. The molecule has 2 atom stereocenters. The lowest BCUT2D eigenvalue weighted by Crippen LogP contribution is -2.46. The second kappa shape index (κ2) is 5.51. The van der Waals surface area contributed by atoms with Crippen LogP contribution in [0.5, 0.6) is 0 Å². The Morgan fingerprint density at radius 2 is 2.24 bits per heavy atom. The number of amides is 1. The molecule has 3 rings (SSSR count).